The van der Waals surface area contributed by atoms with Crippen molar-refractivity contribution in [3.8, 4) is 11.4 Å². The molecule has 0 aliphatic carbocycles. The van der Waals surface area contributed by atoms with Crippen LogP contribution < -0.4 is 5.32 Å². The number of aromatic nitrogens is 4. The number of hydrogen-bond donors (Lipinski definition) is 1. The van der Waals surface area contributed by atoms with E-state index in [1.54, 1.807) is 27.0 Å². The minimum atomic E-state index is -0.437. The Balaban J connectivity index is 1.79. The maximum Gasteiger partial charge on any atom is 0.356 e. The zero-order valence-electron chi connectivity index (χ0n) is 14.6. The molecule has 3 aromatic heterocycles. The molecule has 3 rings (SSSR count). The van der Waals surface area contributed by atoms with E-state index < -0.39 is 11.8 Å². The third-order valence-corrected chi connectivity index (χ3v) is 3.77. The van der Waals surface area contributed by atoms with Gasteiger partial charge in [-0.05, 0) is 26.0 Å². The Morgan fingerprint density at radius 3 is 2.92 bits per heavy atom. The van der Waals surface area contributed by atoms with Crippen molar-refractivity contribution in [3.05, 3.63) is 47.2 Å². The van der Waals surface area contributed by atoms with E-state index in [0.717, 1.165) is 11.8 Å². The van der Waals surface area contributed by atoms with Gasteiger partial charge in [0.25, 0.3) is 0 Å². The van der Waals surface area contributed by atoms with Crippen molar-refractivity contribution in [2.45, 2.75) is 20.4 Å². The van der Waals surface area contributed by atoms with Gasteiger partial charge in [-0.15, -0.1) is 0 Å². The van der Waals surface area contributed by atoms with Gasteiger partial charge in [0.05, 0.1) is 18.5 Å². The Morgan fingerprint density at radius 1 is 1.42 bits per heavy atom. The van der Waals surface area contributed by atoms with Crippen LogP contribution in [0.3, 0.4) is 0 Å². The summed E-state index contributed by atoms with van der Waals surface area (Å²) < 4.78 is 24.7. The lowest BCUT2D eigenvalue weighted by Gasteiger charge is -2.04. The predicted molar refractivity (Wildman–Crippen MR) is 90.9 cm³/mol. The zero-order chi connectivity index (χ0) is 18.7. The second kappa shape index (κ2) is 7.34. The summed E-state index contributed by atoms with van der Waals surface area (Å²) in [5.41, 5.74) is 2.15. The number of anilines is 1. The van der Waals surface area contributed by atoms with Crippen LogP contribution in [-0.2, 0) is 18.3 Å². The van der Waals surface area contributed by atoms with Crippen LogP contribution in [0.5, 0.6) is 0 Å². The molecular weight excluding hydrogens is 341 g/mol. The summed E-state index contributed by atoms with van der Waals surface area (Å²) >= 11 is 0. The molecule has 0 aromatic carbocycles. The third kappa shape index (κ3) is 3.56. The number of rotatable bonds is 6. The summed E-state index contributed by atoms with van der Waals surface area (Å²) in [6.45, 7) is 4.16. The largest absolute Gasteiger partial charge is 0.461 e. The molecule has 8 nitrogen and oxygen atoms in total. The van der Waals surface area contributed by atoms with Crippen LogP contribution in [0.4, 0.5) is 10.2 Å². The van der Waals surface area contributed by atoms with Gasteiger partial charge < -0.3 is 14.6 Å². The number of esters is 1. The van der Waals surface area contributed by atoms with Gasteiger partial charge >= 0.3 is 5.97 Å². The summed E-state index contributed by atoms with van der Waals surface area (Å²) in [6.07, 6.45) is 1.13. The van der Waals surface area contributed by atoms with Crippen molar-refractivity contribution < 1.29 is 18.4 Å². The average Bonchev–Trinajstić information content (AvgIpc) is 3.17. The molecule has 0 aliphatic heterocycles. The number of carbonyl (C=O) groups is 1. The van der Waals surface area contributed by atoms with Gasteiger partial charge in [0.1, 0.15) is 28.8 Å². The molecule has 0 saturated carbocycles. The molecule has 0 amide bonds. The average molecular weight is 359 g/mol. The molecule has 0 unspecified atom stereocenters. The van der Waals surface area contributed by atoms with E-state index in [1.165, 1.54) is 16.8 Å². The lowest BCUT2D eigenvalue weighted by atomic mass is 10.1. The highest BCUT2D eigenvalue weighted by atomic mass is 19.1. The van der Waals surface area contributed by atoms with E-state index in [2.05, 4.69) is 20.6 Å². The number of ether oxygens (including phenoxy) is 1. The van der Waals surface area contributed by atoms with Crippen molar-refractivity contribution in [2.75, 3.05) is 11.9 Å². The SMILES string of the molecule is CCOC(=O)c1cc(NCc2c(-c3ccc(F)cn3)noc2C)nn1C. The zero-order valence-corrected chi connectivity index (χ0v) is 14.6. The predicted octanol–water partition coefficient (Wildman–Crippen LogP) is 2.71. The Kier molecular flexibility index (Phi) is 4.97. The molecule has 9 heteroatoms. The topological polar surface area (TPSA) is 95.1 Å². The lowest BCUT2D eigenvalue weighted by Crippen LogP contribution is -2.10. The van der Waals surface area contributed by atoms with Crippen LogP contribution >= 0.6 is 0 Å². The van der Waals surface area contributed by atoms with Crippen molar-refractivity contribution >= 4 is 11.8 Å². The second-order valence-corrected chi connectivity index (χ2v) is 5.54. The van der Waals surface area contributed by atoms with E-state index >= 15 is 0 Å². The molecule has 136 valence electrons. The first-order valence-electron chi connectivity index (χ1n) is 8.01. The molecule has 0 fully saturated rings. The molecule has 1 N–H and O–H groups in total. The molecule has 0 atom stereocenters. The number of nitrogens with zero attached hydrogens (tertiary/aromatic N) is 4. The highest BCUT2D eigenvalue weighted by molar-refractivity contribution is 5.88. The normalized spacial score (nSPS) is 10.8. The van der Waals surface area contributed by atoms with Crippen LogP contribution in [0.15, 0.2) is 28.9 Å². The van der Waals surface area contributed by atoms with Gasteiger partial charge in [0.2, 0.25) is 0 Å². The Labute approximate surface area is 149 Å². The first kappa shape index (κ1) is 17.6. The maximum atomic E-state index is 13.1. The minimum absolute atomic E-state index is 0.292. The van der Waals surface area contributed by atoms with E-state index in [0.29, 0.717) is 41.8 Å². The quantitative estimate of drug-likeness (QED) is 0.676. The summed E-state index contributed by atoms with van der Waals surface area (Å²) in [4.78, 5) is 15.9. The fourth-order valence-corrected chi connectivity index (χ4v) is 2.45. The van der Waals surface area contributed by atoms with E-state index in [1.807, 2.05) is 0 Å². The molecule has 26 heavy (non-hydrogen) atoms. The first-order valence-corrected chi connectivity index (χ1v) is 8.01. The molecule has 0 radical (unpaired) electrons. The van der Waals surface area contributed by atoms with Crippen molar-refractivity contribution in [1.29, 1.82) is 0 Å². The van der Waals surface area contributed by atoms with Gasteiger partial charge in [-0.3, -0.25) is 9.67 Å². The van der Waals surface area contributed by atoms with Crippen molar-refractivity contribution in [1.82, 2.24) is 19.9 Å². The maximum absolute atomic E-state index is 13.1. The number of carbonyl (C=O) groups excluding carboxylic acids is 1. The smallest absolute Gasteiger partial charge is 0.356 e. The molecule has 3 aromatic rings. The lowest BCUT2D eigenvalue weighted by molar-refractivity contribution is 0.0513. The Morgan fingerprint density at radius 2 is 2.23 bits per heavy atom. The molecule has 0 spiro atoms. The number of hydrogen-bond acceptors (Lipinski definition) is 7. The third-order valence-electron chi connectivity index (χ3n) is 3.77. The van der Waals surface area contributed by atoms with Gasteiger partial charge in [-0.2, -0.15) is 5.10 Å². The van der Waals surface area contributed by atoms with Crippen LogP contribution in [0.25, 0.3) is 11.4 Å². The molecule has 0 aliphatic rings. The van der Waals surface area contributed by atoms with Gasteiger partial charge in [0.15, 0.2) is 0 Å². The van der Waals surface area contributed by atoms with Gasteiger partial charge in [0, 0.05) is 25.2 Å². The summed E-state index contributed by atoms with van der Waals surface area (Å²) in [5, 5.41) is 11.4. The number of halogens is 1. The van der Waals surface area contributed by atoms with Gasteiger partial charge in [-0.25, -0.2) is 9.18 Å². The van der Waals surface area contributed by atoms with Crippen LogP contribution in [0, 0.1) is 12.7 Å². The van der Waals surface area contributed by atoms with Crippen LogP contribution in [-0.4, -0.2) is 32.5 Å². The van der Waals surface area contributed by atoms with Crippen molar-refractivity contribution in [2.24, 2.45) is 7.05 Å². The summed E-state index contributed by atoms with van der Waals surface area (Å²) in [7, 11) is 1.66. The highest BCUT2D eigenvalue weighted by Crippen LogP contribution is 2.24. The Bertz CT molecular complexity index is 917. The molecule has 3 heterocycles. The number of aryl methyl sites for hydroxylation is 2. The molecule has 0 saturated heterocycles. The molecular formula is C17H18FN5O3. The summed E-state index contributed by atoms with van der Waals surface area (Å²) in [6, 6.07) is 4.46. The van der Waals surface area contributed by atoms with Crippen LogP contribution in [0.1, 0.15) is 28.7 Å². The van der Waals surface area contributed by atoms with E-state index in [9.17, 15) is 9.18 Å². The molecule has 0 bridgehead atoms. The standard InChI is InChI=1S/C17H18FN5O3/c1-4-25-17(24)14-7-15(21-23(14)3)20-9-12-10(2)26-22-16(12)13-6-5-11(18)8-19-13/h5-8H,4,9H2,1-3H3,(H,20,21). The highest BCUT2D eigenvalue weighted by Gasteiger charge is 2.18. The second-order valence-electron chi connectivity index (χ2n) is 5.54. The van der Waals surface area contributed by atoms with Gasteiger partial charge in [-0.1, -0.05) is 5.16 Å². The fourth-order valence-electron chi connectivity index (χ4n) is 2.45. The number of pyridine rings is 1. The monoisotopic (exact) mass is 359 g/mol. The van der Waals surface area contributed by atoms with Crippen LogP contribution in [0.2, 0.25) is 0 Å². The first-order chi connectivity index (χ1) is 12.5. The Hall–Kier alpha value is -3.23. The van der Waals surface area contributed by atoms with Crippen molar-refractivity contribution in [3.63, 3.8) is 0 Å². The minimum Gasteiger partial charge on any atom is -0.461 e. The number of nitrogens with one attached hydrogen (secondary N) is 1. The fraction of sp³-hybridized carbons (Fsp3) is 0.294. The van der Waals surface area contributed by atoms with E-state index in [-0.39, 0.29) is 0 Å². The summed E-state index contributed by atoms with van der Waals surface area (Å²) in [5.74, 6) is 0.260. The van der Waals surface area contributed by atoms with E-state index in [4.69, 9.17) is 9.26 Å².